The lowest BCUT2D eigenvalue weighted by molar-refractivity contribution is 0.0786. The average molecular weight is 569 g/mol. The number of halogens is 3. The summed E-state index contributed by atoms with van der Waals surface area (Å²) in [5.74, 6) is -0.831. The molecule has 1 atom stereocenters. The normalized spacial score (nSPS) is 15.1. The number of primary amides is 1. The molecule has 38 heavy (non-hydrogen) atoms. The van der Waals surface area contributed by atoms with Crippen molar-refractivity contribution in [2.75, 3.05) is 20.1 Å². The molecule has 3 N–H and O–H groups in total. The molecule has 5 rings (SSSR count). The zero-order valence-electron chi connectivity index (χ0n) is 20.5. The van der Waals surface area contributed by atoms with E-state index in [0.29, 0.717) is 60.5 Å². The number of carbonyl (C=O) groups is 2. The van der Waals surface area contributed by atoms with E-state index in [-0.39, 0.29) is 17.6 Å². The van der Waals surface area contributed by atoms with Crippen LogP contribution in [-0.2, 0) is 0 Å². The molecule has 194 valence electrons. The first-order valence-electron chi connectivity index (χ1n) is 12.1. The van der Waals surface area contributed by atoms with E-state index in [2.05, 4.69) is 15.3 Å². The van der Waals surface area contributed by atoms with Gasteiger partial charge >= 0.3 is 0 Å². The molecule has 1 aliphatic rings. The smallest absolute Gasteiger partial charge is 0.267 e. The molecule has 2 amide bonds. The summed E-state index contributed by atoms with van der Waals surface area (Å²) in [6.45, 7) is 1.50. The average Bonchev–Trinajstić information content (AvgIpc) is 3.40. The van der Waals surface area contributed by atoms with Gasteiger partial charge in [0.2, 0.25) is 0 Å². The molecule has 1 aliphatic heterocycles. The third kappa shape index (κ3) is 5.33. The van der Waals surface area contributed by atoms with Crippen molar-refractivity contribution in [2.24, 2.45) is 5.73 Å². The van der Waals surface area contributed by atoms with Gasteiger partial charge in [0.05, 0.1) is 21.8 Å². The van der Waals surface area contributed by atoms with E-state index in [9.17, 15) is 9.59 Å². The number of nitrogens with one attached hydrogen (secondary N) is 1. The summed E-state index contributed by atoms with van der Waals surface area (Å²) in [6.07, 6.45) is 3.76. The number of benzene rings is 2. The van der Waals surface area contributed by atoms with Crippen LogP contribution in [0.1, 0.15) is 33.7 Å². The Bertz CT molecular complexity index is 1550. The Morgan fingerprint density at radius 2 is 1.82 bits per heavy atom. The standard InChI is InChI=1S/C28H24Cl3N5O2/c1-36(14-19-3-2-8-33-19)28(38)25-20-11-15(26-22(31)5-7-24(35-26)27(32)37)4-6-23(20)34-13-21(25)16-9-17(29)12-18(30)10-16/h4-7,9-13,19,33H,2-3,8,14H2,1H3,(H2,32,37)/t19-/m0/s1. The van der Waals surface area contributed by atoms with Crippen molar-refractivity contribution < 1.29 is 9.59 Å². The fourth-order valence-electron chi connectivity index (χ4n) is 4.80. The van der Waals surface area contributed by atoms with Gasteiger partial charge < -0.3 is 16.0 Å². The van der Waals surface area contributed by atoms with Crippen LogP contribution in [0.15, 0.2) is 54.7 Å². The lowest BCUT2D eigenvalue weighted by atomic mass is 9.95. The summed E-state index contributed by atoms with van der Waals surface area (Å²) in [4.78, 5) is 36.5. The third-order valence-electron chi connectivity index (χ3n) is 6.63. The van der Waals surface area contributed by atoms with E-state index in [1.807, 2.05) is 6.07 Å². The van der Waals surface area contributed by atoms with Gasteiger partial charge in [-0.3, -0.25) is 14.6 Å². The maximum Gasteiger partial charge on any atom is 0.267 e. The van der Waals surface area contributed by atoms with E-state index in [4.69, 9.17) is 40.5 Å². The number of amides is 2. The highest BCUT2D eigenvalue weighted by molar-refractivity contribution is 6.35. The third-order valence-corrected chi connectivity index (χ3v) is 7.37. The summed E-state index contributed by atoms with van der Waals surface area (Å²) < 4.78 is 0. The van der Waals surface area contributed by atoms with Gasteiger partial charge in [-0.15, -0.1) is 0 Å². The molecule has 1 fully saturated rings. The Balaban J connectivity index is 1.71. The molecule has 0 bridgehead atoms. The second-order valence-electron chi connectivity index (χ2n) is 9.31. The number of pyridine rings is 2. The monoisotopic (exact) mass is 567 g/mol. The zero-order chi connectivity index (χ0) is 27.0. The number of likely N-dealkylation sites (N-methyl/N-ethyl adjacent to an activating group) is 1. The highest BCUT2D eigenvalue weighted by Crippen LogP contribution is 2.36. The molecule has 3 heterocycles. The predicted molar refractivity (Wildman–Crippen MR) is 152 cm³/mol. The van der Waals surface area contributed by atoms with Crippen molar-refractivity contribution in [1.82, 2.24) is 20.2 Å². The second kappa shape index (κ2) is 10.9. The summed E-state index contributed by atoms with van der Waals surface area (Å²) >= 11 is 19.1. The number of rotatable bonds is 6. The van der Waals surface area contributed by atoms with Crippen molar-refractivity contribution in [2.45, 2.75) is 18.9 Å². The molecule has 10 heteroatoms. The lowest BCUT2D eigenvalue weighted by Gasteiger charge is -2.24. The highest BCUT2D eigenvalue weighted by atomic mass is 35.5. The Hall–Kier alpha value is -3.23. The van der Waals surface area contributed by atoms with Crippen molar-refractivity contribution in [1.29, 1.82) is 0 Å². The molecular formula is C28H24Cl3N5O2. The number of aromatic nitrogens is 2. The zero-order valence-corrected chi connectivity index (χ0v) is 22.7. The van der Waals surface area contributed by atoms with Crippen LogP contribution in [0.25, 0.3) is 33.3 Å². The van der Waals surface area contributed by atoms with Crippen molar-refractivity contribution in [3.63, 3.8) is 0 Å². The van der Waals surface area contributed by atoms with Gasteiger partial charge in [-0.25, -0.2) is 4.98 Å². The SMILES string of the molecule is CN(C[C@@H]1CCCN1)C(=O)c1c(-c2cc(Cl)cc(Cl)c2)cnc2ccc(-c3nc(C(N)=O)ccc3Cl)cc12. The van der Waals surface area contributed by atoms with E-state index >= 15 is 0 Å². The Labute approximate surface area is 234 Å². The summed E-state index contributed by atoms with van der Waals surface area (Å²) in [7, 11) is 1.79. The Morgan fingerprint density at radius 1 is 1.05 bits per heavy atom. The molecule has 0 aliphatic carbocycles. The molecule has 1 saturated heterocycles. The summed E-state index contributed by atoms with van der Waals surface area (Å²) in [5.41, 5.74) is 8.86. The van der Waals surface area contributed by atoms with Crippen LogP contribution in [0.3, 0.4) is 0 Å². The van der Waals surface area contributed by atoms with Crippen LogP contribution < -0.4 is 11.1 Å². The highest BCUT2D eigenvalue weighted by Gasteiger charge is 2.25. The van der Waals surface area contributed by atoms with Crippen LogP contribution in [0.5, 0.6) is 0 Å². The van der Waals surface area contributed by atoms with E-state index in [1.165, 1.54) is 6.07 Å². The summed E-state index contributed by atoms with van der Waals surface area (Å²) in [6, 6.07) is 13.8. The first-order chi connectivity index (χ1) is 18.2. The topological polar surface area (TPSA) is 101 Å². The van der Waals surface area contributed by atoms with Crippen LogP contribution in [0.2, 0.25) is 15.1 Å². The minimum absolute atomic E-state index is 0.0880. The van der Waals surface area contributed by atoms with Gasteiger partial charge in [0.25, 0.3) is 11.8 Å². The maximum atomic E-state index is 14.1. The quantitative estimate of drug-likeness (QED) is 0.304. The Kier molecular flexibility index (Phi) is 7.54. The first kappa shape index (κ1) is 26.4. The minimum Gasteiger partial charge on any atom is -0.364 e. The van der Waals surface area contributed by atoms with E-state index in [1.54, 1.807) is 54.5 Å². The van der Waals surface area contributed by atoms with Crippen LogP contribution in [0.4, 0.5) is 0 Å². The summed E-state index contributed by atoms with van der Waals surface area (Å²) in [5, 5.41) is 5.29. The number of nitrogens with zero attached hydrogens (tertiary/aromatic N) is 3. The molecule has 0 unspecified atom stereocenters. The maximum absolute atomic E-state index is 14.1. The van der Waals surface area contributed by atoms with Gasteiger partial charge in [0, 0.05) is 52.4 Å². The molecule has 2 aromatic heterocycles. The predicted octanol–water partition coefficient (Wildman–Crippen LogP) is 5.85. The first-order valence-corrected chi connectivity index (χ1v) is 13.2. The largest absolute Gasteiger partial charge is 0.364 e. The van der Waals surface area contributed by atoms with E-state index < -0.39 is 5.91 Å². The van der Waals surface area contributed by atoms with Gasteiger partial charge in [0.15, 0.2) is 0 Å². The molecule has 0 radical (unpaired) electrons. The molecule has 4 aromatic rings. The van der Waals surface area contributed by atoms with Crippen molar-refractivity contribution in [3.8, 4) is 22.4 Å². The molecule has 0 spiro atoms. The number of nitrogens with two attached hydrogens (primary N) is 1. The van der Waals surface area contributed by atoms with Gasteiger partial charge in [-0.05, 0) is 67.4 Å². The van der Waals surface area contributed by atoms with E-state index in [0.717, 1.165) is 19.4 Å². The number of carbonyl (C=O) groups excluding carboxylic acids is 2. The molecule has 0 saturated carbocycles. The number of hydrogen-bond acceptors (Lipinski definition) is 5. The van der Waals surface area contributed by atoms with Crippen LogP contribution >= 0.6 is 34.8 Å². The van der Waals surface area contributed by atoms with Crippen molar-refractivity contribution in [3.05, 3.63) is 81.1 Å². The lowest BCUT2D eigenvalue weighted by Crippen LogP contribution is -2.38. The molecule has 7 nitrogen and oxygen atoms in total. The number of hydrogen-bond donors (Lipinski definition) is 2. The second-order valence-corrected chi connectivity index (χ2v) is 10.6. The molecule has 2 aromatic carbocycles. The van der Waals surface area contributed by atoms with Crippen molar-refractivity contribution >= 4 is 57.5 Å². The van der Waals surface area contributed by atoms with Gasteiger partial charge in [-0.2, -0.15) is 0 Å². The van der Waals surface area contributed by atoms with Gasteiger partial charge in [-0.1, -0.05) is 40.9 Å². The Morgan fingerprint density at radius 3 is 2.50 bits per heavy atom. The van der Waals surface area contributed by atoms with Gasteiger partial charge in [0.1, 0.15) is 5.69 Å². The molecular weight excluding hydrogens is 545 g/mol. The number of fused-ring (bicyclic) bond motifs is 1. The minimum atomic E-state index is -0.663. The van der Waals surface area contributed by atoms with Crippen LogP contribution in [0, 0.1) is 0 Å². The van der Waals surface area contributed by atoms with Crippen LogP contribution in [-0.4, -0.2) is 52.9 Å². The fraction of sp³-hybridized carbons (Fsp3) is 0.214. The fourth-order valence-corrected chi connectivity index (χ4v) is 5.54.